The fourth-order valence-electron chi connectivity index (χ4n) is 1.47. The van der Waals surface area contributed by atoms with Gasteiger partial charge in [0.1, 0.15) is 5.75 Å². The van der Waals surface area contributed by atoms with Crippen LogP contribution in [0.4, 0.5) is 0 Å². The van der Waals surface area contributed by atoms with Crippen molar-refractivity contribution in [3.63, 3.8) is 0 Å². The molecule has 1 aliphatic carbocycles. The van der Waals surface area contributed by atoms with Crippen LogP contribution in [-0.2, 0) is 0 Å². The van der Waals surface area contributed by atoms with Crippen molar-refractivity contribution in [2.75, 3.05) is 0 Å². The first-order valence-electron chi connectivity index (χ1n) is 4.08. The molecule has 1 aromatic rings. The molecular weight excluding hydrogens is 162 g/mol. The van der Waals surface area contributed by atoms with E-state index in [1.807, 2.05) is 19.1 Å². The van der Waals surface area contributed by atoms with Gasteiger partial charge >= 0.3 is 0 Å². The molecule has 0 aromatic heterocycles. The van der Waals surface area contributed by atoms with Gasteiger partial charge in [-0.1, -0.05) is 30.3 Å². The number of nitrogens with two attached hydrogens (primary N) is 1. The minimum absolute atomic E-state index is 0.271. The highest BCUT2D eigenvalue weighted by molar-refractivity contribution is 5.86. The van der Waals surface area contributed by atoms with Gasteiger partial charge in [-0.25, -0.2) is 0 Å². The first-order valence-corrected chi connectivity index (χ1v) is 4.08. The van der Waals surface area contributed by atoms with Crippen molar-refractivity contribution >= 4 is 5.57 Å². The van der Waals surface area contributed by atoms with Crippen molar-refractivity contribution in [1.29, 1.82) is 0 Å². The zero-order valence-corrected chi connectivity index (χ0v) is 7.33. The summed E-state index contributed by atoms with van der Waals surface area (Å²) < 4.78 is 0. The summed E-state index contributed by atoms with van der Waals surface area (Å²) in [5.41, 5.74) is 9.51. The van der Waals surface area contributed by atoms with Gasteiger partial charge in [-0.3, -0.25) is 0 Å². The summed E-state index contributed by atoms with van der Waals surface area (Å²) in [6.45, 7) is 1.97. The van der Waals surface area contributed by atoms with Crippen molar-refractivity contribution in [1.82, 2.24) is 0 Å². The number of aromatic hydroxyl groups is 1. The van der Waals surface area contributed by atoms with Crippen molar-refractivity contribution < 1.29 is 5.11 Å². The van der Waals surface area contributed by atoms with E-state index in [4.69, 9.17) is 10.8 Å². The monoisotopic (exact) mass is 172 g/mol. The molecule has 2 heteroatoms. The van der Waals surface area contributed by atoms with Crippen LogP contribution < -0.4 is 5.73 Å². The second-order valence-corrected chi connectivity index (χ2v) is 3.09. The zero-order valence-electron chi connectivity index (χ0n) is 7.33. The molecule has 1 aromatic carbocycles. The van der Waals surface area contributed by atoms with Gasteiger partial charge < -0.3 is 10.8 Å². The number of allylic oxidation sites excluding steroid dienone is 3. The minimum Gasteiger partial charge on any atom is -0.508 e. The number of rotatable bonds is 1. The summed E-state index contributed by atoms with van der Waals surface area (Å²) >= 11 is 0. The van der Waals surface area contributed by atoms with Gasteiger partial charge in [-0.05, 0) is 12.1 Å². The molecule has 3 N–H and O–H groups in total. The van der Waals surface area contributed by atoms with Crippen LogP contribution in [0, 0.1) is 6.08 Å². The maximum atomic E-state index is 9.09. The number of hydrogen-bond acceptors (Lipinski definition) is 2. The number of phenolic OH excluding ortho intramolecular Hbond substituents is 1. The van der Waals surface area contributed by atoms with Crippen LogP contribution in [0.5, 0.6) is 5.75 Å². The van der Waals surface area contributed by atoms with Gasteiger partial charge in [0.25, 0.3) is 0 Å². The smallest absolute Gasteiger partial charge is 0.115 e. The summed E-state index contributed by atoms with van der Waals surface area (Å²) in [5.74, 6) is 0.271. The van der Waals surface area contributed by atoms with Crippen molar-refractivity contribution in [2.24, 2.45) is 5.73 Å². The normalized spacial score (nSPS) is 15.3. The van der Waals surface area contributed by atoms with Crippen molar-refractivity contribution in [2.45, 2.75) is 6.92 Å². The molecule has 0 aliphatic heterocycles. The molecule has 66 valence electrons. The molecule has 0 fully saturated rings. The number of phenols is 1. The lowest BCUT2D eigenvalue weighted by Gasteiger charge is -2.28. The van der Waals surface area contributed by atoms with E-state index in [2.05, 4.69) is 6.08 Å². The van der Waals surface area contributed by atoms with E-state index in [0.717, 1.165) is 16.7 Å². The Hall–Kier alpha value is -1.70. The Morgan fingerprint density at radius 1 is 1.23 bits per heavy atom. The molecule has 0 saturated heterocycles. The quantitative estimate of drug-likeness (QED) is 0.635. The highest BCUT2D eigenvalue weighted by atomic mass is 16.3. The van der Waals surface area contributed by atoms with Gasteiger partial charge in [0.15, 0.2) is 0 Å². The van der Waals surface area contributed by atoms with Crippen LogP contribution in [0.2, 0.25) is 0 Å². The SMILES string of the molecule is CC1=C(c2ccc(O)cc2)C(N)=[C-]1. The zero-order chi connectivity index (χ0) is 9.42. The predicted octanol–water partition coefficient (Wildman–Crippen LogP) is 1.83. The van der Waals surface area contributed by atoms with E-state index in [-0.39, 0.29) is 5.75 Å². The molecule has 0 saturated carbocycles. The fourth-order valence-corrected chi connectivity index (χ4v) is 1.47. The van der Waals surface area contributed by atoms with E-state index in [0.29, 0.717) is 5.70 Å². The fraction of sp³-hybridized carbons (Fsp3) is 0.0909. The maximum absolute atomic E-state index is 9.09. The topological polar surface area (TPSA) is 46.2 Å². The Balaban J connectivity index is 2.38. The molecule has 2 nitrogen and oxygen atoms in total. The molecule has 1 aliphatic rings. The van der Waals surface area contributed by atoms with Gasteiger partial charge in [0.2, 0.25) is 0 Å². The Morgan fingerprint density at radius 2 is 1.85 bits per heavy atom. The molecule has 0 spiro atoms. The first-order chi connectivity index (χ1) is 6.18. The summed E-state index contributed by atoms with van der Waals surface area (Å²) in [7, 11) is 0. The lowest BCUT2D eigenvalue weighted by Crippen LogP contribution is -2.10. The van der Waals surface area contributed by atoms with E-state index < -0.39 is 0 Å². The third kappa shape index (κ3) is 1.20. The lowest BCUT2D eigenvalue weighted by atomic mass is 9.89. The lowest BCUT2D eigenvalue weighted by molar-refractivity contribution is 0.475. The van der Waals surface area contributed by atoms with Gasteiger partial charge in [-0.2, -0.15) is 11.6 Å². The van der Waals surface area contributed by atoms with Crippen LogP contribution in [0.25, 0.3) is 5.57 Å². The van der Waals surface area contributed by atoms with Crippen molar-refractivity contribution in [3.05, 3.63) is 47.2 Å². The van der Waals surface area contributed by atoms with Crippen LogP contribution in [0.1, 0.15) is 12.5 Å². The molecule has 0 radical (unpaired) electrons. The maximum Gasteiger partial charge on any atom is 0.115 e. The van der Waals surface area contributed by atoms with Gasteiger partial charge in [0, 0.05) is 0 Å². The average molecular weight is 172 g/mol. The second-order valence-electron chi connectivity index (χ2n) is 3.09. The van der Waals surface area contributed by atoms with Crippen LogP contribution in [-0.4, -0.2) is 5.11 Å². The summed E-state index contributed by atoms with van der Waals surface area (Å²) in [5, 5.41) is 9.09. The molecule has 13 heavy (non-hydrogen) atoms. The molecule has 0 amide bonds. The highest BCUT2D eigenvalue weighted by Gasteiger charge is 2.06. The summed E-state index contributed by atoms with van der Waals surface area (Å²) in [4.78, 5) is 0. The highest BCUT2D eigenvalue weighted by Crippen LogP contribution is 2.32. The van der Waals surface area contributed by atoms with Gasteiger partial charge in [0.05, 0.1) is 0 Å². The Kier molecular flexibility index (Phi) is 1.62. The molecule has 2 rings (SSSR count). The summed E-state index contributed by atoms with van der Waals surface area (Å²) in [6, 6.07) is 7.01. The Bertz CT molecular complexity index is 399. The molecular formula is C11H10NO-. The van der Waals surface area contributed by atoms with Crippen LogP contribution in [0.15, 0.2) is 35.5 Å². The Labute approximate surface area is 77.0 Å². The van der Waals surface area contributed by atoms with E-state index in [1.54, 1.807) is 12.1 Å². The van der Waals surface area contributed by atoms with Crippen molar-refractivity contribution in [3.8, 4) is 5.75 Å². The first kappa shape index (κ1) is 7.92. The standard InChI is InChI=1S/C11H10NO/c1-7-6-10(12)11(7)8-2-4-9(13)5-3-8/h2-5,13H,12H2,1H3/q-1. The van der Waals surface area contributed by atoms with E-state index in [1.165, 1.54) is 0 Å². The summed E-state index contributed by atoms with van der Waals surface area (Å²) in [6.07, 6.45) is 2.98. The molecule has 0 unspecified atom stereocenters. The third-order valence-corrected chi connectivity index (χ3v) is 2.12. The van der Waals surface area contributed by atoms with E-state index >= 15 is 0 Å². The predicted molar refractivity (Wildman–Crippen MR) is 51.6 cm³/mol. The van der Waals surface area contributed by atoms with Gasteiger partial charge in [-0.15, -0.1) is 5.57 Å². The van der Waals surface area contributed by atoms with Crippen LogP contribution in [0.3, 0.4) is 0 Å². The number of benzene rings is 1. The Morgan fingerprint density at radius 3 is 2.31 bits per heavy atom. The number of hydrogen-bond donors (Lipinski definition) is 2. The third-order valence-electron chi connectivity index (χ3n) is 2.12. The second kappa shape index (κ2) is 2.66. The van der Waals surface area contributed by atoms with Crippen LogP contribution >= 0.6 is 0 Å². The van der Waals surface area contributed by atoms with E-state index in [9.17, 15) is 0 Å². The minimum atomic E-state index is 0.271. The molecule has 0 atom stereocenters. The molecule has 0 bridgehead atoms. The molecule has 0 heterocycles. The average Bonchev–Trinajstić information content (AvgIpc) is 2.09. The largest absolute Gasteiger partial charge is 0.508 e.